The van der Waals surface area contributed by atoms with Crippen molar-refractivity contribution in [2.75, 3.05) is 5.32 Å². The van der Waals surface area contributed by atoms with Crippen LogP contribution in [0.15, 0.2) is 18.2 Å². The Labute approximate surface area is 135 Å². The average molecular weight is 325 g/mol. The van der Waals surface area contributed by atoms with E-state index in [1.54, 1.807) is 11.3 Å². The van der Waals surface area contributed by atoms with Crippen molar-refractivity contribution in [1.82, 2.24) is 4.98 Å². The summed E-state index contributed by atoms with van der Waals surface area (Å²) in [6, 6.07) is 5.91. The summed E-state index contributed by atoms with van der Waals surface area (Å²) in [5.41, 5.74) is 2.06. The van der Waals surface area contributed by atoms with Gasteiger partial charge in [0.15, 0.2) is 0 Å². The third-order valence-corrected chi connectivity index (χ3v) is 4.22. The minimum Gasteiger partial charge on any atom is -0.489 e. The monoisotopic (exact) mass is 324 g/mol. The van der Waals surface area contributed by atoms with Crippen LogP contribution in [-0.2, 0) is 0 Å². The molecular weight excluding hydrogens is 304 g/mol. The van der Waals surface area contributed by atoms with Crippen LogP contribution in [-0.4, -0.2) is 11.1 Å². The van der Waals surface area contributed by atoms with Crippen molar-refractivity contribution in [2.45, 2.75) is 46.8 Å². The predicted molar refractivity (Wildman–Crippen MR) is 90.8 cm³/mol. The van der Waals surface area contributed by atoms with Crippen molar-refractivity contribution in [3.05, 3.63) is 38.8 Å². The molecule has 5 heteroatoms. The maximum absolute atomic E-state index is 6.26. The van der Waals surface area contributed by atoms with Gasteiger partial charge in [0.25, 0.3) is 0 Å². The molecule has 0 spiro atoms. The van der Waals surface area contributed by atoms with Gasteiger partial charge in [0.05, 0.1) is 27.9 Å². The standard InChI is InChI=1S/C16H21ClN2OS/c1-9(2)20-15-7-6-13(8-14(15)17)18-10(3)16-11(4)21-12(5)19-16/h6-10,18H,1-5H3. The van der Waals surface area contributed by atoms with Crippen LogP contribution in [0.4, 0.5) is 5.69 Å². The molecule has 114 valence electrons. The van der Waals surface area contributed by atoms with Gasteiger partial charge < -0.3 is 10.1 Å². The Morgan fingerprint density at radius 1 is 1.24 bits per heavy atom. The molecule has 1 N–H and O–H groups in total. The second kappa shape index (κ2) is 6.67. The highest BCUT2D eigenvalue weighted by Crippen LogP contribution is 2.31. The first-order valence-electron chi connectivity index (χ1n) is 7.03. The fourth-order valence-electron chi connectivity index (χ4n) is 2.21. The molecule has 0 radical (unpaired) electrons. The lowest BCUT2D eigenvalue weighted by molar-refractivity contribution is 0.242. The summed E-state index contributed by atoms with van der Waals surface area (Å²) in [5.74, 6) is 0.713. The molecule has 0 fully saturated rings. The summed E-state index contributed by atoms with van der Waals surface area (Å²) >= 11 is 7.98. The summed E-state index contributed by atoms with van der Waals surface area (Å²) in [6.07, 6.45) is 0.112. The Morgan fingerprint density at radius 3 is 2.48 bits per heavy atom. The van der Waals surface area contributed by atoms with E-state index in [4.69, 9.17) is 16.3 Å². The Bertz CT molecular complexity index is 625. The topological polar surface area (TPSA) is 34.2 Å². The molecule has 0 amide bonds. The van der Waals surface area contributed by atoms with Gasteiger partial charge in [-0.1, -0.05) is 11.6 Å². The van der Waals surface area contributed by atoms with Crippen LogP contribution in [0.25, 0.3) is 0 Å². The summed E-state index contributed by atoms with van der Waals surface area (Å²) in [7, 11) is 0. The fourth-order valence-corrected chi connectivity index (χ4v) is 3.34. The van der Waals surface area contributed by atoms with E-state index in [0.717, 1.165) is 16.4 Å². The number of nitrogens with one attached hydrogen (secondary N) is 1. The van der Waals surface area contributed by atoms with Crippen LogP contribution in [0.1, 0.15) is 42.4 Å². The van der Waals surface area contributed by atoms with Gasteiger partial charge in [0.1, 0.15) is 5.75 Å². The SMILES string of the molecule is Cc1nc(C(C)Nc2ccc(OC(C)C)c(Cl)c2)c(C)s1. The number of aryl methyl sites for hydroxylation is 2. The van der Waals surface area contributed by atoms with Gasteiger partial charge in [-0.3, -0.25) is 0 Å². The van der Waals surface area contributed by atoms with E-state index in [-0.39, 0.29) is 12.1 Å². The molecule has 1 aromatic carbocycles. The minimum absolute atomic E-state index is 0.112. The molecule has 1 atom stereocenters. The number of anilines is 1. The van der Waals surface area contributed by atoms with Gasteiger partial charge in [-0.05, 0) is 52.8 Å². The van der Waals surface area contributed by atoms with Crippen LogP contribution in [0.3, 0.4) is 0 Å². The smallest absolute Gasteiger partial charge is 0.138 e. The van der Waals surface area contributed by atoms with E-state index in [2.05, 4.69) is 24.1 Å². The van der Waals surface area contributed by atoms with Gasteiger partial charge in [-0.2, -0.15) is 0 Å². The molecule has 21 heavy (non-hydrogen) atoms. The number of halogens is 1. The van der Waals surface area contributed by atoms with E-state index < -0.39 is 0 Å². The van der Waals surface area contributed by atoms with E-state index in [0.29, 0.717) is 10.8 Å². The number of benzene rings is 1. The zero-order valence-corrected chi connectivity index (χ0v) is 14.6. The first kappa shape index (κ1) is 16.1. The highest BCUT2D eigenvalue weighted by molar-refractivity contribution is 7.11. The molecule has 2 rings (SSSR count). The third kappa shape index (κ3) is 4.11. The van der Waals surface area contributed by atoms with Crippen molar-refractivity contribution in [1.29, 1.82) is 0 Å². The van der Waals surface area contributed by atoms with Crippen LogP contribution < -0.4 is 10.1 Å². The Kier molecular flexibility index (Phi) is 5.12. The quantitative estimate of drug-likeness (QED) is 0.802. The van der Waals surface area contributed by atoms with E-state index in [9.17, 15) is 0 Å². The van der Waals surface area contributed by atoms with Crippen LogP contribution in [0.5, 0.6) is 5.75 Å². The molecule has 2 aromatic rings. The molecular formula is C16H21ClN2OS. The van der Waals surface area contributed by atoms with Gasteiger partial charge in [-0.25, -0.2) is 4.98 Å². The highest BCUT2D eigenvalue weighted by atomic mass is 35.5. The first-order valence-corrected chi connectivity index (χ1v) is 8.23. The number of hydrogen-bond acceptors (Lipinski definition) is 4. The summed E-state index contributed by atoms with van der Waals surface area (Å²) < 4.78 is 5.64. The molecule has 0 aliphatic carbocycles. The lowest BCUT2D eigenvalue weighted by Gasteiger charge is -2.16. The van der Waals surface area contributed by atoms with E-state index in [1.165, 1.54) is 4.88 Å². The molecule has 1 unspecified atom stereocenters. The van der Waals surface area contributed by atoms with Crippen molar-refractivity contribution in [2.24, 2.45) is 0 Å². The highest BCUT2D eigenvalue weighted by Gasteiger charge is 2.14. The minimum atomic E-state index is 0.112. The van der Waals surface area contributed by atoms with Crippen molar-refractivity contribution in [3.8, 4) is 5.75 Å². The van der Waals surface area contributed by atoms with Gasteiger partial charge >= 0.3 is 0 Å². The van der Waals surface area contributed by atoms with E-state index >= 15 is 0 Å². The summed E-state index contributed by atoms with van der Waals surface area (Å²) in [5, 5.41) is 5.15. The number of aromatic nitrogens is 1. The number of rotatable bonds is 5. The van der Waals surface area contributed by atoms with Crippen LogP contribution >= 0.6 is 22.9 Å². The number of ether oxygens (including phenoxy) is 1. The summed E-state index contributed by atoms with van der Waals surface area (Å²) in [6.45, 7) is 10.2. The molecule has 1 aromatic heterocycles. The second-order valence-corrected chi connectivity index (χ2v) is 7.17. The third-order valence-electron chi connectivity index (χ3n) is 3.03. The molecule has 0 aliphatic rings. The van der Waals surface area contributed by atoms with Crippen LogP contribution in [0.2, 0.25) is 5.02 Å². The average Bonchev–Trinajstić information content (AvgIpc) is 2.71. The molecule has 0 aliphatic heterocycles. The lowest BCUT2D eigenvalue weighted by atomic mass is 10.2. The van der Waals surface area contributed by atoms with Crippen LogP contribution in [0, 0.1) is 13.8 Å². The zero-order chi connectivity index (χ0) is 15.6. The fraction of sp³-hybridized carbons (Fsp3) is 0.438. The van der Waals surface area contributed by atoms with E-state index in [1.807, 2.05) is 39.0 Å². The molecule has 0 saturated heterocycles. The Morgan fingerprint density at radius 2 is 1.95 bits per heavy atom. The number of thiazole rings is 1. The number of hydrogen-bond donors (Lipinski definition) is 1. The predicted octanol–water partition coefficient (Wildman–Crippen LogP) is 5.37. The van der Waals surface area contributed by atoms with Gasteiger partial charge in [0.2, 0.25) is 0 Å². The zero-order valence-electron chi connectivity index (χ0n) is 13.0. The van der Waals surface area contributed by atoms with Gasteiger partial charge in [-0.15, -0.1) is 11.3 Å². The largest absolute Gasteiger partial charge is 0.489 e. The number of nitrogens with zero attached hydrogens (tertiary/aromatic N) is 1. The van der Waals surface area contributed by atoms with Crippen molar-refractivity contribution >= 4 is 28.6 Å². The first-order chi connectivity index (χ1) is 9.86. The second-order valence-electron chi connectivity index (χ2n) is 5.35. The van der Waals surface area contributed by atoms with Crippen molar-refractivity contribution in [3.63, 3.8) is 0 Å². The molecule has 1 heterocycles. The maximum Gasteiger partial charge on any atom is 0.138 e. The normalized spacial score (nSPS) is 12.5. The Balaban J connectivity index is 2.13. The molecule has 0 saturated carbocycles. The molecule has 3 nitrogen and oxygen atoms in total. The van der Waals surface area contributed by atoms with Gasteiger partial charge in [0, 0.05) is 10.6 Å². The Hall–Kier alpha value is -1.26. The lowest BCUT2D eigenvalue weighted by Crippen LogP contribution is -2.09. The summed E-state index contributed by atoms with van der Waals surface area (Å²) in [4.78, 5) is 5.83. The van der Waals surface area contributed by atoms with Crippen molar-refractivity contribution < 1.29 is 4.74 Å². The molecule has 0 bridgehead atoms. The maximum atomic E-state index is 6.26.